The molecule has 0 N–H and O–H groups in total. The molecule has 25 heavy (non-hydrogen) atoms. The van der Waals surface area contributed by atoms with Crippen molar-refractivity contribution in [1.29, 1.82) is 0 Å². The third-order valence-corrected chi connectivity index (χ3v) is 3.58. The van der Waals surface area contributed by atoms with Crippen molar-refractivity contribution in [2.24, 2.45) is 0 Å². The highest BCUT2D eigenvalue weighted by atomic mass is 16.6. The third-order valence-electron chi connectivity index (χ3n) is 3.58. The molecule has 126 valence electrons. The zero-order valence-corrected chi connectivity index (χ0v) is 13.2. The molecule has 0 aliphatic rings. The van der Waals surface area contributed by atoms with Gasteiger partial charge in [-0.15, -0.1) is 0 Å². The van der Waals surface area contributed by atoms with Crippen molar-refractivity contribution < 1.29 is 14.5 Å². The first-order chi connectivity index (χ1) is 12.0. The Morgan fingerprint density at radius 2 is 2.08 bits per heavy atom. The van der Waals surface area contributed by atoms with E-state index in [4.69, 9.17) is 4.74 Å². The number of aryl methyl sites for hydroxylation is 1. The molecule has 0 atom stereocenters. The Morgan fingerprint density at radius 3 is 2.84 bits per heavy atom. The second kappa shape index (κ2) is 6.52. The van der Waals surface area contributed by atoms with Gasteiger partial charge in [0.2, 0.25) is 0 Å². The Labute approximate surface area is 141 Å². The maximum atomic E-state index is 12.1. The number of hydrogen-bond donors (Lipinski definition) is 0. The lowest BCUT2D eigenvalue weighted by Crippen LogP contribution is -2.17. The summed E-state index contributed by atoms with van der Waals surface area (Å²) < 4.78 is 6.52. The fraction of sp³-hybridized carbons (Fsp3) is 0.118. The molecule has 0 bridgehead atoms. The molecule has 0 radical (unpaired) electrons. The summed E-state index contributed by atoms with van der Waals surface area (Å²) in [4.78, 5) is 38.6. The monoisotopic (exact) mass is 339 g/mol. The van der Waals surface area contributed by atoms with Gasteiger partial charge >= 0.3 is 5.97 Å². The SMILES string of the molecule is Cc1cccn2c(=O)cc(COC(=O)c3cccc([N+](=O)[O-])c3)nc12. The number of nitro groups is 1. The van der Waals surface area contributed by atoms with Crippen LogP contribution in [0.3, 0.4) is 0 Å². The standard InChI is InChI=1S/C17H13N3O5/c1-11-4-3-7-19-15(21)9-13(18-16(11)19)10-25-17(22)12-5-2-6-14(8-12)20(23)24/h2-9H,10H2,1H3. The lowest BCUT2D eigenvalue weighted by molar-refractivity contribution is -0.384. The van der Waals surface area contributed by atoms with Crippen molar-refractivity contribution in [2.75, 3.05) is 0 Å². The summed E-state index contributed by atoms with van der Waals surface area (Å²) in [6.45, 7) is 1.61. The van der Waals surface area contributed by atoms with E-state index in [1.54, 1.807) is 12.3 Å². The van der Waals surface area contributed by atoms with Crippen LogP contribution in [0.25, 0.3) is 5.65 Å². The lowest BCUT2D eigenvalue weighted by atomic mass is 10.2. The van der Waals surface area contributed by atoms with E-state index in [-0.39, 0.29) is 23.4 Å². The Bertz CT molecular complexity index is 1040. The number of carbonyl (C=O) groups is 1. The van der Waals surface area contributed by atoms with Crippen LogP contribution >= 0.6 is 0 Å². The number of benzene rings is 1. The Balaban J connectivity index is 1.82. The number of nitrogens with zero attached hydrogens (tertiary/aromatic N) is 3. The number of pyridine rings is 1. The molecule has 2 aromatic heterocycles. The molecule has 1 aromatic carbocycles. The van der Waals surface area contributed by atoms with E-state index in [9.17, 15) is 19.7 Å². The van der Waals surface area contributed by atoms with E-state index >= 15 is 0 Å². The van der Waals surface area contributed by atoms with Gasteiger partial charge in [-0.2, -0.15) is 0 Å². The molecule has 0 saturated heterocycles. The van der Waals surface area contributed by atoms with E-state index < -0.39 is 10.9 Å². The first-order valence-electron chi connectivity index (χ1n) is 7.35. The largest absolute Gasteiger partial charge is 0.456 e. The van der Waals surface area contributed by atoms with Crippen molar-refractivity contribution in [2.45, 2.75) is 13.5 Å². The minimum Gasteiger partial charge on any atom is -0.456 e. The van der Waals surface area contributed by atoms with Crippen LogP contribution in [0.4, 0.5) is 5.69 Å². The number of ether oxygens (including phenoxy) is 1. The highest BCUT2D eigenvalue weighted by Crippen LogP contribution is 2.14. The summed E-state index contributed by atoms with van der Waals surface area (Å²) in [6.07, 6.45) is 1.61. The predicted molar refractivity (Wildman–Crippen MR) is 88.4 cm³/mol. The fourth-order valence-electron chi connectivity index (χ4n) is 2.35. The van der Waals surface area contributed by atoms with Crippen LogP contribution in [0.5, 0.6) is 0 Å². The van der Waals surface area contributed by atoms with Gasteiger partial charge in [0.05, 0.1) is 16.2 Å². The molecule has 0 fully saturated rings. The molecule has 8 nitrogen and oxygen atoms in total. The zero-order chi connectivity index (χ0) is 18.0. The Hall–Kier alpha value is -3.55. The number of hydrogen-bond acceptors (Lipinski definition) is 6. The van der Waals surface area contributed by atoms with E-state index in [1.165, 1.54) is 28.7 Å². The number of nitro benzene ring substituents is 1. The van der Waals surface area contributed by atoms with Gasteiger partial charge in [0, 0.05) is 24.4 Å². The highest BCUT2D eigenvalue weighted by Gasteiger charge is 2.13. The molecule has 0 aliphatic heterocycles. The molecule has 2 heterocycles. The minimum absolute atomic E-state index is 0.0582. The van der Waals surface area contributed by atoms with E-state index in [2.05, 4.69) is 4.98 Å². The average molecular weight is 339 g/mol. The number of fused-ring (bicyclic) bond motifs is 1. The maximum Gasteiger partial charge on any atom is 0.338 e. The van der Waals surface area contributed by atoms with Crippen LogP contribution in [0.1, 0.15) is 21.6 Å². The van der Waals surface area contributed by atoms with Crippen LogP contribution < -0.4 is 5.56 Å². The molecule has 0 aliphatic carbocycles. The zero-order valence-electron chi connectivity index (χ0n) is 13.2. The molecular weight excluding hydrogens is 326 g/mol. The summed E-state index contributed by atoms with van der Waals surface area (Å²) in [7, 11) is 0. The van der Waals surface area contributed by atoms with Crippen molar-refractivity contribution in [3.8, 4) is 0 Å². The number of non-ortho nitro benzene ring substituents is 1. The number of carbonyl (C=O) groups excluding carboxylic acids is 1. The lowest BCUT2D eigenvalue weighted by Gasteiger charge is -2.07. The highest BCUT2D eigenvalue weighted by molar-refractivity contribution is 5.90. The summed E-state index contributed by atoms with van der Waals surface area (Å²) in [6, 6.07) is 10.1. The summed E-state index contributed by atoms with van der Waals surface area (Å²) >= 11 is 0. The maximum absolute atomic E-state index is 12.1. The molecule has 0 unspecified atom stereocenters. The van der Waals surface area contributed by atoms with Crippen LogP contribution in [-0.4, -0.2) is 20.3 Å². The number of rotatable bonds is 4. The summed E-state index contributed by atoms with van der Waals surface area (Å²) in [5.74, 6) is -0.726. The summed E-state index contributed by atoms with van der Waals surface area (Å²) in [5.41, 5.74) is 1.17. The van der Waals surface area contributed by atoms with E-state index in [0.717, 1.165) is 11.6 Å². The predicted octanol–water partition coefficient (Wildman–Crippen LogP) is 2.27. The smallest absolute Gasteiger partial charge is 0.338 e. The quantitative estimate of drug-likeness (QED) is 0.410. The van der Waals surface area contributed by atoms with Gasteiger partial charge in [-0.05, 0) is 24.6 Å². The van der Waals surface area contributed by atoms with Crippen LogP contribution in [0, 0.1) is 17.0 Å². The first kappa shape index (κ1) is 16.3. The van der Waals surface area contributed by atoms with Crippen molar-refractivity contribution in [3.63, 3.8) is 0 Å². The second-order valence-corrected chi connectivity index (χ2v) is 5.35. The van der Waals surface area contributed by atoms with Gasteiger partial charge in [0.25, 0.3) is 11.2 Å². The van der Waals surface area contributed by atoms with Gasteiger partial charge in [-0.1, -0.05) is 12.1 Å². The average Bonchev–Trinajstić information content (AvgIpc) is 2.60. The Kier molecular flexibility index (Phi) is 4.25. The normalized spacial score (nSPS) is 10.6. The number of aromatic nitrogens is 2. The van der Waals surface area contributed by atoms with Crippen molar-refractivity contribution in [1.82, 2.24) is 9.38 Å². The molecule has 3 aromatic rings. The van der Waals surface area contributed by atoms with Gasteiger partial charge in [0.15, 0.2) is 0 Å². The topological polar surface area (TPSA) is 104 Å². The van der Waals surface area contributed by atoms with E-state index in [0.29, 0.717) is 11.3 Å². The van der Waals surface area contributed by atoms with Crippen molar-refractivity contribution >= 4 is 17.3 Å². The van der Waals surface area contributed by atoms with Crippen molar-refractivity contribution in [3.05, 3.63) is 86.0 Å². The van der Waals surface area contributed by atoms with Gasteiger partial charge < -0.3 is 4.74 Å². The third kappa shape index (κ3) is 3.37. The molecular formula is C17H13N3O5. The van der Waals surface area contributed by atoms with Gasteiger partial charge in [-0.3, -0.25) is 19.3 Å². The van der Waals surface area contributed by atoms with Gasteiger partial charge in [-0.25, -0.2) is 9.78 Å². The Morgan fingerprint density at radius 1 is 1.28 bits per heavy atom. The minimum atomic E-state index is -0.726. The number of esters is 1. The van der Waals surface area contributed by atoms with Crippen LogP contribution in [0.15, 0.2) is 53.5 Å². The van der Waals surface area contributed by atoms with E-state index in [1.807, 2.05) is 13.0 Å². The summed E-state index contributed by atoms with van der Waals surface area (Å²) in [5, 5.41) is 10.8. The van der Waals surface area contributed by atoms with Gasteiger partial charge in [0.1, 0.15) is 12.3 Å². The van der Waals surface area contributed by atoms with Crippen LogP contribution in [0.2, 0.25) is 0 Å². The fourth-order valence-corrected chi connectivity index (χ4v) is 2.35. The molecule has 0 saturated carbocycles. The van der Waals surface area contributed by atoms with Crippen LogP contribution in [-0.2, 0) is 11.3 Å². The first-order valence-corrected chi connectivity index (χ1v) is 7.35. The molecule has 0 spiro atoms. The second-order valence-electron chi connectivity index (χ2n) is 5.35. The molecule has 8 heteroatoms. The molecule has 0 amide bonds. The molecule has 3 rings (SSSR count).